The molecule has 1 fully saturated rings. The first-order chi connectivity index (χ1) is 12.2. The maximum Gasteiger partial charge on any atom is 0.293 e. The van der Waals surface area contributed by atoms with Crippen molar-refractivity contribution in [2.75, 3.05) is 50.9 Å². The van der Waals surface area contributed by atoms with Gasteiger partial charge in [-0.05, 0) is 32.1 Å². The zero-order chi connectivity index (χ0) is 19.3. The van der Waals surface area contributed by atoms with Gasteiger partial charge in [0.05, 0.1) is 9.82 Å². The standard InChI is InChI=1S/C16H24N4O5S.ClH/c1-17-7-3-4-16(21)19-10-8-18(9-11-19)14-6-5-13(26(2,24)25)12-15(14)20(22)23;/h5-6,12,17H,3-4,7-11H2,1-2H3;1H. The molecule has 0 bridgehead atoms. The summed E-state index contributed by atoms with van der Waals surface area (Å²) in [4.78, 5) is 26.5. The molecule has 27 heavy (non-hydrogen) atoms. The number of sulfone groups is 1. The summed E-state index contributed by atoms with van der Waals surface area (Å²) in [6.07, 6.45) is 2.27. The number of nitro benzene ring substituents is 1. The summed E-state index contributed by atoms with van der Waals surface area (Å²) >= 11 is 0. The summed E-state index contributed by atoms with van der Waals surface area (Å²) in [5, 5.41) is 14.4. The number of amides is 1. The number of carbonyl (C=O) groups excluding carboxylic acids is 1. The molecule has 1 aliphatic rings. The Balaban J connectivity index is 0.00000364. The van der Waals surface area contributed by atoms with E-state index in [-0.39, 0.29) is 28.9 Å². The second-order valence-electron chi connectivity index (χ2n) is 6.25. The summed E-state index contributed by atoms with van der Waals surface area (Å²) in [5.41, 5.74) is 0.145. The van der Waals surface area contributed by atoms with Gasteiger partial charge >= 0.3 is 0 Å². The molecule has 0 atom stereocenters. The van der Waals surface area contributed by atoms with E-state index < -0.39 is 14.8 Å². The van der Waals surface area contributed by atoms with E-state index in [0.717, 1.165) is 25.3 Å². The van der Waals surface area contributed by atoms with Crippen molar-refractivity contribution in [3.63, 3.8) is 0 Å². The lowest BCUT2D eigenvalue weighted by Crippen LogP contribution is -2.49. The lowest BCUT2D eigenvalue weighted by atomic mass is 10.2. The molecule has 1 aliphatic heterocycles. The lowest BCUT2D eigenvalue weighted by Gasteiger charge is -2.36. The summed E-state index contributed by atoms with van der Waals surface area (Å²) in [6.45, 7) is 2.70. The van der Waals surface area contributed by atoms with Crippen molar-refractivity contribution in [3.8, 4) is 0 Å². The number of benzene rings is 1. The molecule has 1 N–H and O–H groups in total. The topological polar surface area (TPSA) is 113 Å². The van der Waals surface area contributed by atoms with E-state index in [4.69, 9.17) is 0 Å². The van der Waals surface area contributed by atoms with Crippen molar-refractivity contribution in [1.29, 1.82) is 0 Å². The Bertz CT molecular complexity index is 779. The van der Waals surface area contributed by atoms with E-state index in [1.807, 2.05) is 11.9 Å². The summed E-state index contributed by atoms with van der Waals surface area (Å²) in [7, 11) is -1.68. The number of rotatable bonds is 7. The van der Waals surface area contributed by atoms with E-state index in [9.17, 15) is 23.3 Å². The Hall–Kier alpha value is -1.91. The van der Waals surface area contributed by atoms with Gasteiger partial charge < -0.3 is 15.1 Å². The minimum Gasteiger partial charge on any atom is -0.362 e. The zero-order valence-electron chi connectivity index (χ0n) is 15.4. The van der Waals surface area contributed by atoms with Crippen molar-refractivity contribution >= 4 is 39.5 Å². The van der Waals surface area contributed by atoms with Gasteiger partial charge in [0.15, 0.2) is 9.84 Å². The van der Waals surface area contributed by atoms with Crippen LogP contribution in [0.1, 0.15) is 12.8 Å². The number of halogens is 1. The normalized spacial score (nSPS) is 14.6. The van der Waals surface area contributed by atoms with E-state index >= 15 is 0 Å². The highest BCUT2D eigenvalue weighted by Gasteiger charge is 2.27. The minimum atomic E-state index is -3.52. The Labute approximate surface area is 165 Å². The molecule has 0 unspecified atom stereocenters. The SMILES string of the molecule is CNCCCC(=O)N1CCN(c2ccc(S(C)(=O)=O)cc2[N+](=O)[O-])CC1.Cl. The first-order valence-corrected chi connectivity index (χ1v) is 10.3. The molecular formula is C16H25ClN4O5S. The summed E-state index contributed by atoms with van der Waals surface area (Å²) in [6, 6.07) is 3.95. The fourth-order valence-corrected chi connectivity index (χ4v) is 3.56. The van der Waals surface area contributed by atoms with Crippen molar-refractivity contribution in [2.24, 2.45) is 0 Å². The van der Waals surface area contributed by atoms with Crippen molar-refractivity contribution in [3.05, 3.63) is 28.3 Å². The van der Waals surface area contributed by atoms with Crippen LogP contribution >= 0.6 is 12.4 Å². The van der Waals surface area contributed by atoms with E-state index in [2.05, 4.69) is 5.32 Å². The van der Waals surface area contributed by atoms with Gasteiger partial charge in [-0.15, -0.1) is 12.4 Å². The number of nitro groups is 1. The van der Waals surface area contributed by atoms with Gasteiger partial charge in [0.2, 0.25) is 5.91 Å². The Morgan fingerprint density at radius 1 is 1.26 bits per heavy atom. The van der Waals surface area contributed by atoms with Gasteiger partial charge in [0, 0.05) is 44.9 Å². The first-order valence-electron chi connectivity index (χ1n) is 8.40. The highest BCUT2D eigenvalue weighted by atomic mass is 35.5. The van der Waals surface area contributed by atoms with Crippen LogP contribution in [0.4, 0.5) is 11.4 Å². The molecule has 9 nitrogen and oxygen atoms in total. The van der Waals surface area contributed by atoms with Gasteiger partial charge in [0.1, 0.15) is 5.69 Å². The molecule has 0 saturated carbocycles. The number of carbonyl (C=O) groups is 1. The minimum absolute atomic E-state index is 0. The quantitative estimate of drug-likeness (QED) is 0.398. The van der Waals surface area contributed by atoms with Crippen LogP contribution in [-0.2, 0) is 14.6 Å². The second kappa shape index (κ2) is 9.86. The van der Waals surface area contributed by atoms with Gasteiger partial charge in [-0.3, -0.25) is 14.9 Å². The third kappa shape index (κ3) is 6.05. The van der Waals surface area contributed by atoms with E-state index in [1.165, 1.54) is 12.1 Å². The number of hydrogen-bond acceptors (Lipinski definition) is 7. The molecule has 1 amide bonds. The summed E-state index contributed by atoms with van der Waals surface area (Å²) in [5.74, 6) is 0.0850. The van der Waals surface area contributed by atoms with Crippen molar-refractivity contribution in [2.45, 2.75) is 17.7 Å². The van der Waals surface area contributed by atoms with Gasteiger partial charge in [-0.25, -0.2) is 8.42 Å². The molecule has 1 saturated heterocycles. The van der Waals surface area contributed by atoms with Crippen molar-refractivity contribution < 1.29 is 18.1 Å². The van der Waals surface area contributed by atoms with Crippen molar-refractivity contribution in [1.82, 2.24) is 10.2 Å². The molecule has 0 spiro atoms. The predicted octanol–water partition coefficient (Wildman–Crippen LogP) is 1.07. The highest BCUT2D eigenvalue weighted by molar-refractivity contribution is 7.90. The van der Waals surface area contributed by atoms with Gasteiger partial charge in [-0.1, -0.05) is 0 Å². The number of anilines is 1. The zero-order valence-corrected chi connectivity index (χ0v) is 17.0. The maximum absolute atomic E-state index is 12.2. The van der Waals surface area contributed by atoms with Crippen LogP contribution in [0.15, 0.2) is 23.1 Å². The molecule has 1 aromatic carbocycles. The number of nitrogens with zero attached hydrogens (tertiary/aromatic N) is 3. The summed E-state index contributed by atoms with van der Waals surface area (Å²) < 4.78 is 23.3. The molecule has 1 aromatic rings. The molecule has 2 rings (SSSR count). The molecule has 0 aliphatic carbocycles. The lowest BCUT2D eigenvalue weighted by molar-refractivity contribution is -0.384. The number of piperazine rings is 1. The van der Waals surface area contributed by atoms with E-state index in [1.54, 1.807) is 4.90 Å². The average molecular weight is 421 g/mol. The van der Waals surface area contributed by atoms with Crippen LogP contribution in [0.2, 0.25) is 0 Å². The monoisotopic (exact) mass is 420 g/mol. The van der Waals surface area contributed by atoms with Gasteiger partial charge in [0.25, 0.3) is 5.69 Å². The average Bonchev–Trinajstić information content (AvgIpc) is 2.60. The number of hydrogen-bond donors (Lipinski definition) is 1. The molecule has 0 radical (unpaired) electrons. The molecule has 0 aromatic heterocycles. The Kier molecular flexibility index (Phi) is 8.45. The third-order valence-electron chi connectivity index (χ3n) is 4.36. The fraction of sp³-hybridized carbons (Fsp3) is 0.562. The highest BCUT2D eigenvalue weighted by Crippen LogP contribution is 2.31. The number of nitrogens with one attached hydrogen (secondary N) is 1. The van der Waals surface area contributed by atoms with Crippen LogP contribution < -0.4 is 10.2 Å². The Morgan fingerprint density at radius 2 is 1.89 bits per heavy atom. The smallest absolute Gasteiger partial charge is 0.293 e. The van der Waals surface area contributed by atoms with Crippen LogP contribution in [0.3, 0.4) is 0 Å². The van der Waals surface area contributed by atoms with Crippen LogP contribution in [0.5, 0.6) is 0 Å². The Morgan fingerprint density at radius 3 is 2.41 bits per heavy atom. The van der Waals surface area contributed by atoms with Crippen LogP contribution in [-0.4, -0.2) is 70.2 Å². The second-order valence-corrected chi connectivity index (χ2v) is 8.27. The van der Waals surface area contributed by atoms with Crippen LogP contribution in [0, 0.1) is 10.1 Å². The largest absolute Gasteiger partial charge is 0.362 e. The van der Waals surface area contributed by atoms with Crippen LogP contribution in [0.25, 0.3) is 0 Å². The van der Waals surface area contributed by atoms with Gasteiger partial charge in [-0.2, -0.15) is 0 Å². The first kappa shape index (κ1) is 23.1. The molecule has 152 valence electrons. The molecular weight excluding hydrogens is 396 g/mol. The maximum atomic E-state index is 12.2. The van der Waals surface area contributed by atoms with E-state index in [0.29, 0.717) is 38.3 Å². The predicted molar refractivity (Wildman–Crippen MR) is 105 cm³/mol. The molecule has 11 heteroatoms. The fourth-order valence-electron chi connectivity index (χ4n) is 2.92. The molecule has 1 heterocycles. The third-order valence-corrected chi connectivity index (χ3v) is 5.47.